The average molecular weight is 312 g/mol. The van der Waals surface area contributed by atoms with E-state index < -0.39 is 6.23 Å². The van der Waals surface area contributed by atoms with Crippen molar-refractivity contribution in [2.45, 2.75) is 32.4 Å². The molecule has 2 aromatic rings. The summed E-state index contributed by atoms with van der Waals surface area (Å²) in [6, 6.07) is 5.84. The molecule has 2 N–H and O–H groups in total. The summed E-state index contributed by atoms with van der Waals surface area (Å²) in [6.07, 6.45) is 2.47. The molecule has 4 rings (SSSR count). The number of rotatable bonds is 2. The van der Waals surface area contributed by atoms with Gasteiger partial charge in [0, 0.05) is 17.3 Å². The van der Waals surface area contributed by atoms with Crippen LogP contribution in [0, 0.1) is 6.92 Å². The lowest BCUT2D eigenvalue weighted by Crippen LogP contribution is -2.39. The van der Waals surface area contributed by atoms with Gasteiger partial charge in [-0.05, 0) is 38.3 Å². The fourth-order valence-electron chi connectivity index (χ4n) is 3.45. The summed E-state index contributed by atoms with van der Waals surface area (Å²) in [5, 5.41) is 13.3. The highest BCUT2D eigenvalue weighted by Gasteiger charge is 2.29. The van der Waals surface area contributed by atoms with Crippen LogP contribution in [0.25, 0.3) is 0 Å². The van der Waals surface area contributed by atoms with Crippen LogP contribution in [0.1, 0.15) is 23.5 Å². The van der Waals surface area contributed by atoms with Crippen molar-refractivity contribution in [1.82, 2.24) is 9.97 Å². The number of benzene rings is 1. The summed E-state index contributed by atoms with van der Waals surface area (Å²) in [4.78, 5) is 11.4. The molecule has 1 atom stereocenters. The van der Waals surface area contributed by atoms with Crippen molar-refractivity contribution >= 4 is 17.2 Å². The number of aliphatic hydroxyl groups excluding tert-OH is 1. The van der Waals surface area contributed by atoms with Gasteiger partial charge in [0.05, 0.1) is 25.0 Å². The zero-order valence-corrected chi connectivity index (χ0v) is 13.3. The Morgan fingerprint density at radius 1 is 1.30 bits per heavy atom. The number of anilines is 3. The Morgan fingerprint density at radius 2 is 2.17 bits per heavy atom. The maximum Gasteiger partial charge on any atom is 0.142 e. The first-order valence-corrected chi connectivity index (χ1v) is 7.92. The van der Waals surface area contributed by atoms with Crippen molar-refractivity contribution in [2.24, 2.45) is 0 Å². The number of β-amino-alcohol motifs (C(OH)–C–C–N with tert-alkyl or cyclic N) is 1. The molecular weight excluding hydrogens is 292 g/mol. The number of nitrogens with zero attached hydrogens (tertiary/aromatic N) is 3. The van der Waals surface area contributed by atoms with Gasteiger partial charge in [-0.2, -0.15) is 0 Å². The Hall–Kier alpha value is -2.34. The highest BCUT2D eigenvalue weighted by Crippen LogP contribution is 2.40. The third kappa shape index (κ3) is 2.39. The molecule has 120 valence electrons. The van der Waals surface area contributed by atoms with Crippen LogP contribution in [0.5, 0.6) is 5.75 Å². The Kier molecular flexibility index (Phi) is 3.34. The van der Waals surface area contributed by atoms with E-state index in [1.165, 1.54) is 5.56 Å². The predicted molar refractivity (Wildman–Crippen MR) is 88.4 cm³/mol. The molecule has 1 aromatic carbocycles. The van der Waals surface area contributed by atoms with E-state index in [1.807, 2.05) is 25.1 Å². The van der Waals surface area contributed by atoms with Crippen LogP contribution in [0.15, 0.2) is 18.2 Å². The zero-order valence-electron chi connectivity index (χ0n) is 13.3. The monoisotopic (exact) mass is 312 g/mol. The maximum atomic E-state index is 10.2. The van der Waals surface area contributed by atoms with Gasteiger partial charge in [-0.15, -0.1) is 0 Å². The molecule has 1 unspecified atom stereocenters. The largest absolute Gasteiger partial charge is 0.497 e. The van der Waals surface area contributed by atoms with Crippen molar-refractivity contribution in [3.8, 4) is 5.75 Å². The number of hydrogen-bond donors (Lipinski definition) is 2. The first kappa shape index (κ1) is 14.3. The van der Waals surface area contributed by atoms with Gasteiger partial charge in [0.2, 0.25) is 0 Å². The standard InChI is InChI=1S/C17H20N4O2/c1-10-18-13-5-3-4-12(13)17(19-10)21-9-16(22)20-14-8-11(23-2)6-7-15(14)21/h6-8,16,20,22H,3-5,9H2,1-2H3. The Bertz CT molecular complexity index is 762. The van der Waals surface area contributed by atoms with Gasteiger partial charge in [-0.1, -0.05) is 0 Å². The van der Waals surface area contributed by atoms with E-state index in [0.29, 0.717) is 6.54 Å². The Morgan fingerprint density at radius 3 is 3.00 bits per heavy atom. The molecule has 0 radical (unpaired) electrons. The maximum absolute atomic E-state index is 10.2. The van der Waals surface area contributed by atoms with E-state index in [9.17, 15) is 5.11 Å². The van der Waals surface area contributed by atoms with E-state index in [0.717, 1.165) is 53.7 Å². The number of ether oxygens (including phenoxy) is 1. The molecule has 1 aliphatic carbocycles. The van der Waals surface area contributed by atoms with Crippen molar-refractivity contribution in [1.29, 1.82) is 0 Å². The quantitative estimate of drug-likeness (QED) is 0.885. The number of aromatic nitrogens is 2. The number of aryl methyl sites for hydroxylation is 2. The molecule has 0 saturated heterocycles. The van der Waals surface area contributed by atoms with Gasteiger partial charge < -0.3 is 20.1 Å². The predicted octanol–water partition coefficient (Wildman–Crippen LogP) is 2.16. The SMILES string of the molecule is COc1ccc2c(c1)NC(O)CN2c1nc(C)nc2c1CCC2. The highest BCUT2D eigenvalue weighted by atomic mass is 16.5. The van der Waals surface area contributed by atoms with Crippen LogP contribution < -0.4 is 15.0 Å². The molecule has 23 heavy (non-hydrogen) atoms. The molecule has 2 heterocycles. The van der Waals surface area contributed by atoms with Gasteiger partial charge in [-0.3, -0.25) is 0 Å². The highest BCUT2D eigenvalue weighted by molar-refractivity contribution is 5.80. The van der Waals surface area contributed by atoms with Crippen LogP contribution in [-0.4, -0.2) is 35.0 Å². The summed E-state index contributed by atoms with van der Waals surface area (Å²) >= 11 is 0. The molecular formula is C17H20N4O2. The average Bonchev–Trinajstić information content (AvgIpc) is 3.00. The van der Waals surface area contributed by atoms with Gasteiger partial charge in [0.25, 0.3) is 0 Å². The summed E-state index contributed by atoms with van der Waals surface area (Å²) < 4.78 is 5.28. The molecule has 6 nitrogen and oxygen atoms in total. The van der Waals surface area contributed by atoms with E-state index in [-0.39, 0.29) is 0 Å². The third-order valence-corrected chi connectivity index (χ3v) is 4.45. The molecule has 1 aromatic heterocycles. The van der Waals surface area contributed by atoms with Crippen molar-refractivity contribution in [2.75, 3.05) is 23.9 Å². The van der Waals surface area contributed by atoms with Gasteiger partial charge in [0.15, 0.2) is 0 Å². The van der Waals surface area contributed by atoms with Crippen LogP contribution in [-0.2, 0) is 12.8 Å². The molecule has 0 spiro atoms. The second-order valence-corrected chi connectivity index (χ2v) is 6.03. The smallest absolute Gasteiger partial charge is 0.142 e. The lowest BCUT2D eigenvalue weighted by atomic mass is 10.1. The van der Waals surface area contributed by atoms with E-state index in [4.69, 9.17) is 4.74 Å². The number of methoxy groups -OCH3 is 1. The Labute approximate surface area is 135 Å². The van der Waals surface area contributed by atoms with Crippen molar-refractivity contribution in [3.05, 3.63) is 35.3 Å². The number of fused-ring (bicyclic) bond motifs is 2. The minimum atomic E-state index is -0.651. The first-order chi connectivity index (χ1) is 11.2. The second kappa shape index (κ2) is 5.38. The van der Waals surface area contributed by atoms with E-state index in [1.54, 1.807) is 7.11 Å². The zero-order chi connectivity index (χ0) is 16.0. The lowest BCUT2D eigenvalue weighted by Gasteiger charge is -2.35. The molecule has 0 amide bonds. The van der Waals surface area contributed by atoms with Gasteiger partial charge in [0.1, 0.15) is 23.6 Å². The normalized spacial score (nSPS) is 19.1. The van der Waals surface area contributed by atoms with Gasteiger partial charge in [-0.25, -0.2) is 9.97 Å². The molecule has 0 saturated carbocycles. The molecule has 0 fully saturated rings. The van der Waals surface area contributed by atoms with Crippen molar-refractivity contribution in [3.63, 3.8) is 0 Å². The van der Waals surface area contributed by atoms with Crippen LogP contribution in [0.2, 0.25) is 0 Å². The van der Waals surface area contributed by atoms with Crippen molar-refractivity contribution < 1.29 is 9.84 Å². The van der Waals surface area contributed by atoms with Crippen LogP contribution in [0.3, 0.4) is 0 Å². The summed E-state index contributed by atoms with van der Waals surface area (Å²) in [6.45, 7) is 2.39. The lowest BCUT2D eigenvalue weighted by molar-refractivity contribution is 0.208. The molecule has 0 bridgehead atoms. The van der Waals surface area contributed by atoms with Crippen LogP contribution >= 0.6 is 0 Å². The number of hydrogen-bond acceptors (Lipinski definition) is 6. The summed E-state index contributed by atoms with van der Waals surface area (Å²) in [7, 11) is 1.64. The fraction of sp³-hybridized carbons (Fsp3) is 0.412. The number of nitrogens with one attached hydrogen (secondary N) is 1. The van der Waals surface area contributed by atoms with Gasteiger partial charge >= 0.3 is 0 Å². The van der Waals surface area contributed by atoms with E-state index >= 15 is 0 Å². The topological polar surface area (TPSA) is 70.5 Å². The Balaban J connectivity index is 1.85. The number of aliphatic hydroxyl groups is 1. The fourth-order valence-corrected chi connectivity index (χ4v) is 3.45. The van der Waals surface area contributed by atoms with Crippen LogP contribution in [0.4, 0.5) is 17.2 Å². The second-order valence-electron chi connectivity index (χ2n) is 6.03. The third-order valence-electron chi connectivity index (χ3n) is 4.45. The molecule has 2 aliphatic rings. The minimum Gasteiger partial charge on any atom is -0.497 e. The minimum absolute atomic E-state index is 0.461. The molecule has 1 aliphatic heterocycles. The first-order valence-electron chi connectivity index (χ1n) is 7.92. The summed E-state index contributed by atoms with van der Waals surface area (Å²) in [5.41, 5.74) is 4.22. The molecule has 6 heteroatoms. The van der Waals surface area contributed by atoms with E-state index in [2.05, 4.69) is 20.2 Å². The summed E-state index contributed by atoms with van der Waals surface area (Å²) in [5.74, 6) is 2.47.